The normalized spacial score (nSPS) is 10.2. The van der Waals surface area contributed by atoms with Crippen molar-refractivity contribution in [2.45, 2.75) is 46.6 Å². The summed E-state index contributed by atoms with van der Waals surface area (Å²) >= 11 is 1.32. The van der Waals surface area contributed by atoms with Crippen molar-refractivity contribution in [1.82, 2.24) is 15.6 Å². The molecule has 2 N–H and O–H groups in total. The molecule has 0 saturated carbocycles. The topological polar surface area (TPSA) is 124 Å². The largest absolute Gasteiger partial charge is 0.464 e. The predicted octanol–water partition coefficient (Wildman–Crippen LogP) is 3.77. The molecule has 0 bridgehead atoms. The van der Waals surface area contributed by atoms with Crippen LogP contribution in [0.15, 0.2) is 54.2 Å². The molecule has 2 amide bonds. The minimum Gasteiger partial charge on any atom is -0.464 e. The van der Waals surface area contributed by atoms with Crippen LogP contribution < -0.4 is 10.6 Å². The summed E-state index contributed by atoms with van der Waals surface area (Å²) < 4.78 is 9.22. The molecule has 0 atom stereocenters. The highest BCUT2D eigenvalue weighted by atomic mass is 32.1. The fourth-order valence-electron chi connectivity index (χ4n) is 2.47. The zero-order valence-corrected chi connectivity index (χ0v) is 21.6. The van der Waals surface area contributed by atoms with Crippen molar-refractivity contribution < 1.29 is 28.7 Å². The third kappa shape index (κ3) is 10.3. The lowest BCUT2D eigenvalue weighted by Gasteiger charge is -2.17. The predicted molar refractivity (Wildman–Crippen MR) is 134 cm³/mol. The van der Waals surface area contributed by atoms with Crippen molar-refractivity contribution in [3.63, 3.8) is 0 Å². The number of methoxy groups -OCH3 is 1. The van der Waals surface area contributed by atoms with E-state index >= 15 is 0 Å². The lowest BCUT2D eigenvalue weighted by atomic mass is 10.1. The van der Waals surface area contributed by atoms with Crippen LogP contribution in [-0.4, -0.2) is 41.4 Å². The minimum absolute atomic E-state index is 0.162. The number of nitrogens with zero attached hydrogens (tertiary/aromatic N) is 1. The minimum atomic E-state index is -0.791. The maximum absolute atomic E-state index is 12.3. The van der Waals surface area contributed by atoms with E-state index in [1.807, 2.05) is 45.0 Å². The zero-order chi connectivity index (χ0) is 26.8. The molecule has 9 nitrogen and oxygen atoms in total. The Morgan fingerprint density at radius 1 is 1.03 bits per heavy atom. The first-order valence-corrected chi connectivity index (χ1v) is 11.5. The number of benzene rings is 1. The molecule has 0 saturated heterocycles. The lowest BCUT2D eigenvalue weighted by molar-refractivity contribution is -0.151. The Morgan fingerprint density at radius 2 is 1.63 bits per heavy atom. The average molecular weight is 502 g/mol. The van der Waals surface area contributed by atoms with Crippen LogP contribution >= 0.6 is 11.3 Å². The van der Waals surface area contributed by atoms with Crippen molar-refractivity contribution in [1.29, 1.82) is 0 Å². The monoisotopic (exact) mass is 501 g/mol. The summed E-state index contributed by atoms with van der Waals surface area (Å²) in [5.41, 5.74) is 1.45. The lowest BCUT2D eigenvalue weighted by Crippen LogP contribution is -2.35. The summed E-state index contributed by atoms with van der Waals surface area (Å²) in [6, 6.07) is 7.92. The van der Waals surface area contributed by atoms with Crippen LogP contribution in [0.3, 0.4) is 0 Å². The van der Waals surface area contributed by atoms with E-state index in [4.69, 9.17) is 4.74 Å². The van der Waals surface area contributed by atoms with E-state index in [0.717, 1.165) is 19.1 Å². The van der Waals surface area contributed by atoms with Crippen molar-refractivity contribution in [2.75, 3.05) is 7.11 Å². The van der Waals surface area contributed by atoms with Gasteiger partial charge in [-0.05, 0) is 32.8 Å². The van der Waals surface area contributed by atoms with Crippen LogP contribution in [0.5, 0.6) is 0 Å². The van der Waals surface area contributed by atoms with E-state index in [0.29, 0.717) is 5.01 Å². The number of aryl methyl sites for hydroxylation is 1. The van der Waals surface area contributed by atoms with Gasteiger partial charge < -0.3 is 20.1 Å². The van der Waals surface area contributed by atoms with Gasteiger partial charge in [-0.25, -0.2) is 9.78 Å². The molecule has 0 spiro atoms. The van der Waals surface area contributed by atoms with Gasteiger partial charge in [0.1, 0.15) is 22.0 Å². The van der Waals surface area contributed by atoms with E-state index in [1.54, 1.807) is 5.38 Å². The van der Waals surface area contributed by atoms with Gasteiger partial charge in [0.05, 0.1) is 12.8 Å². The molecule has 188 valence electrons. The molecule has 35 heavy (non-hydrogen) atoms. The molecule has 10 heteroatoms. The van der Waals surface area contributed by atoms with E-state index in [1.165, 1.54) is 23.8 Å². The highest BCUT2D eigenvalue weighted by molar-refractivity contribution is 7.13. The Labute approximate surface area is 209 Å². The Balaban J connectivity index is 0.000000658. The number of aromatic nitrogens is 1. The first kappa shape index (κ1) is 29.2. The van der Waals surface area contributed by atoms with Crippen molar-refractivity contribution in [2.24, 2.45) is 0 Å². The number of hydrogen-bond donors (Lipinski definition) is 2. The Hall–Kier alpha value is -3.79. The molecule has 0 unspecified atom stereocenters. The number of esters is 2. The molecule has 1 aromatic carbocycles. The molecule has 1 aromatic heterocycles. The van der Waals surface area contributed by atoms with E-state index in [-0.39, 0.29) is 28.7 Å². The first-order chi connectivity index (χ1) is 16.3. The Bertz CT molecular complexity index is 1100. The summed E-state index contributed by atoms with van der Waals surface area (Å²) in [6.45, 7) is 15.9. The van der Waals surface area contributed by atoms with Gasteiger partial charge in [0, 0.05) is 17.9 Å². The number of amides is 2. The van der Waals surface area contributed by atoms with Crippen LogP contribution in [0, 0.1) is 0 Å². The molecular weight excluding hydrogens is 470 g/mol. The van der Waals surface area contributed by atoms with Gasteiger partial charge in [-0.1, -0.05) is 44.3 Å². The third-order valence-electron chi connectivity index (χ3n) is 4.03. The van der Waals surface area contributed by atoms with Crippen LogP contribution in [-0.2, 0) is 30.3 Å². The Kier molecular flexibility index (Phi) is 11.0. The fraction of sp³-hybridized carbons (Fsp3) is 0.320. The molecule has 2 rings (SSSR count). The summed E-state index contributed by atoms with van der Waals surface area (Å²) in [7, 11) is 1.16. The second-order valence-corrected chi connectivity index (χ2v) is 9.01. The van der Waals surface area contributed by atoms with E-state index in [9.17, 15) is 19.2 Å². The number of nitrogens with one attached hydrogen (secondary N) is 2. The van der Waals surface area contributed by atoms with Gasteiger partial charge >= 0.3 is 11.9 Å². The van der Waals surface area contributed by atoms with Crippen molar-refractivity contribution >= 4 is 35.1 Å². The summed E-state index contributed by atoms with van der Waals surface area (Å²) in [6.07, 6.45) is 0.943. The quantitative estimate of drug-likeness (QED) is 0.437. The smallest absolute Gasteiger partial charge is 0.353 e. The second kappa shape index (κ2) is 13.2. The van der Waals surface area contributed by atoms with Gasteiger partial charge in [0.2, 0.25) is 0 Å². The SMILES string of the molecule is C=C(NC(=O)c1csc(-c2ccc(CC)cc2)n1)C(=O)NC(=C)C(=O)OC.CC(=O)OC(C)(C)C. The summed E-state index contributed by atoms with van der Waals surface area (Å²) in [5, 5.41) is 6.82. The van der Waals surface area contributed by atoms with Gasteiger partial charge in [0.25, 0.3) is 11.8 Å². The molecule has 0 aliphatic heterocycles. The maximum Gasteiger partial charge on any atom is 0.353 e. The van der Waals surface area contributed by atoms with E-state index < -0.39 is 17.8 Å². The molecule has 0 aliphatic carbocycles. The number of thiazole rings is 1. The highest BCUT2D eigenvalue weighted by Gasteiger charge is 2.18. The number of carbonyl (C=O) groups is 4. The Morgan fingerprint density at radius 3 is 2.09 bits per heavy atom. The molecule has 2 aromatic rings. The van der Waals surface area contributed by atoms with Crippen LogP contribution in [0.4, 0.5) is 0 Å². The number of hydrogen-bond acceptors (Lipinski definition) is 8. The van der Waals surface area contributed by atoms with Gasteiger partial charge in [-0.2, -0.15) is 0 Å². The summed E-state index contributed by atoms with van der Waals surface area (Å²) in [4.78, 5) is 49.9. The van der Waals surface area contributed by atoms with E-state index in [2.05, 4.69) is 40.4 Å². The molecule has 0 fully saturated rings. The summed E-state index contributed by atoms with van der Waals surface area (Å²) in [5.74, 6) is -2.37. The van der Waals surface area contributed by atoms with Gasteiger partial charge in [-0.3, -0.25) is 14.4 Å². The number of rotatable bonds is 7. The van der Waals surface area contributed by atoms with Crippen molar-refractivity contribution in [3.05, 3.63) is 65.5 Å². The van der Waals surface area contributed by atoms with Crippen LogP contribution in [0.25, 0.3) is 10.6 Å². The molecular formula is C25H31N3O6S. The standard InChI is InChI=1S/C19H19N3O4S.C6H12O2/c1-5-13-6-8-14(9-7-13)18-22-15(10-27-18)17(24)20-11(2)16(23)21-12(3)19(25)26-4;1-5(7)8-6(2,3)4/h6-10H,2-3,5H2,1,4H3,(H,20,24)(H,21,23);1-4H3. The molecule has 0 radical (unpaired) electrons. The highest BCUT2D eigenvalue weighted by Crippen LogP contribution is 2.24. The molecule has 0 aliphatic rings. The second-order valence-electron chi connectivity index (χ2n) is 8.15. The molecule has 1 heterocycles. The zero-order valence-electron chi connectivity index (χ0n) is 20.8. The third-order valence-corrected chi connectivity index (χ3v) is 4.92. The van der Waals surface area contributed by atoms with Crippen LogP contribution in [0.2, 0.25) is 0 Å². The van der Waals surface area contributed by atoms with Crippen LogP contribution in [0.1, 0.15) is 50.7 Å². The van der Waals surface area contributed by atoms with Gasteiger partial charge in [0.15, 0.2) is 0 Å². The first-order valence-electron chi connectivity index (χ1n) is 10.6. The number of carbonyl (C=O) groups excluding carboxylic acids is 4. The fourth-order valence-corrected chi connectivity index (χ4v) is 3.28. The van der Waals surface area contributed by atoms with Crippen molar-refractivity contribution in [3.8, 4) is 10.6 Å². The number of ether oxygens (including phenoxy) is 2. The maximum atomic E-state index is 12.3. The average Bonchev–Trinajstić information content (AvgIpc) is 3.27. The van der Waals surface area contributed by atoms with Gasteiger partial charge in [-0.15, -0.1) is 11.3 Å².